The number of aliphatic hydroxyl groups excluding tert-OH is 1. The van der Waals surface area contributed by atoms with Gasteiger partial charge in [-0.15, -0.1) is 6.58 Å². The van der Waals surface area contributed by atoms with Crippen LogP contribution in [0.25, 0.3) is 0 Å². The fraction of sp³-hybridized carbons (Fsp3) is 0.475. The van der Waals surface area contributed by atoms with Crippen LogP contribution in [0.2, 0.25) is 0 Å². The first-order chi connectivity index (χ1) is 23.5. The number of aliphatic hydroxyl groups is 1. The van der Waals surface area contributed by atoms with Crippen LogP contribution >= 0.6 is 0 Å². The first kappa shape index (κ1) is 36.4. The van der Waals surface area contributed by atoms with Crippen LogP contribution in [0.15, 0.2) is 91.8 Å². The fourth-order valence-electron chi connectivity index (χ4n) is 7.00. The zero-order valence-corrected chi connectivity index (χ0v) is 29.4. The number of hydrogen-bond acceptors (Lipinski definition) is 7. The molecule has 1 aliphatic heterocycles. The summed E-state index contributed by atoms with van der Waals surface area (Å²) in [6, 6.07) is 21.0. The highest BCUT2D eigenvalue weighted by molar-refractivity contribution is 5.83. The second-order valence-electron chi connectivity index (χ2n) is 14.6. The molecule has 2 heterocycles. The average molecular weight is 668 g/mol. The molecule has 0 bridgehead atoms. The maximum Gasteiger partial charge on any atom is 0.239 e. The smallest absolute Gasteiger partial charge is 0.239 e. The number of ether oxygens (including phenoxy) is 1. The van der Waals surface area contributed by atoms with Crippen LogP contribution in [0.3, 0.4) is 0 Å². The summed E-state index contributed by atoms with van der Waals surface area (Å²) in [5.74, 6) is -0.572. The first-order valence-electron chi connectivity index (χ1n) is 17.5. The van der Waals surface area contributed by atoms with E-state index in [1.54, 1.807) is 12.3 Å². The third-order valence-electron chi connectivity index (χ3n) is 9.43. The summed E-state index contributed by atoms with van der Waals surface area (Å²) in [5.41, 5.74) is 3.80. The van der Waals surface area contributed by atoms with Gasteiger partial charge in [0.05, 0.1) is 24.4 Å². The Bertz CT molecular complexity index is 1530. The van der Waals surface area contributed by atoms with Crippen molar-refractivity contribution in [3.05, 3.63) is 114 Å². The largest absolute Gasteiger partial charge is 0.390 e. The van der Waals surface area contributed by atoms with Crippen molar-refractivity contribution >= 4 is 11.8 Å². The van der Waals surface area contributed by atoms with Gasteiger partial charge in [0, 0.05) is 63.0 Å². The van der Waals surface area contributed by atoms with Gasteiger partial charge in [0.2, 0.25) is 11.8 Å². The Labute approximate surface area is 291 Å². The van der Waals surface area contributed by atoms with E-state index in [9.17, 15) is 14.7 Å². The van der Waals surface area contributed by atoms with Crippen LogP contribution < -0.4 is 10.6 Å². The zero-order valence-electron chi connectivity index (χ0n) is 29.4. The summed E-state index contributed by atoms with van der Waals surface area (Å²) < 4.78 is 6.58. The monoisotopic (exact) mass is 667 g/mol. The summed E-state index contributed by atoms with van der Waals surface area (Å²) in [6.07, 6.45) is 5.59. The molecule has 1 aromatic heterocycles. The number of nitrogens with zero attached hydrogens (tertiary/aromatic N) is 3. The van der Waals surface area contributed by atoms with Gasteiger partial charge < -0.3 is 20.5 Å². The van der Waals surface area contributed by atoms with E-state index in [2.05, 4.69) is 38.1 Å². The number of pyridine rings is 1. The van der Waals surface area contributed by atoms with Gasteiger partial charge in [-0.05, 0) is 68.9 Å². The van der Waals surface area contributed by atoms with Gasteiger partial charge in [-0.3, -0.25) is 24.4 Å². The third-order valence-corrected chi connectivity index (χ3v) is 9.43. The predicted octanol–water partition coefficient (Wildman–Crippen LogP) is 4.47. The van der Waals surface area contributed by atoms with Crippen LogP contribution in [0, 0.1) is 5.92 Å². The molecule has 1 fully saturated rings. The molecule has 5 rings (SSSR count). The lowest BCUT2D eigenvalue weighted by Gasteiger charge is -2.43. The number of hydrogen-bond donors (Lipinski definition) is 3. The minimum absolute atomic E-state index is 0.0219. The molecule has 2 aromatic carbocycles. The quantitative estimate of drug-likeness (QED) is 0.218. The molecule has 49 heavy (non-hydrogen) atoms. The van der Waals surface area contributed by atoms with E-state index in [1.165, 1.54) is 0 Å². The maximum atomic E-state index is 14.2. The van der Waals surface area contributed by atoms with Crippen LogP contribution in [0.5, 0.6) is 0 Å². The normalized spacial score (nSPS) is 21.7. The summed E-state index contributed by atoms with van der Waals surface area (Å²) >= 11 is 0. The van der Waals surface area contributed by atoms with Gasteiger partial charge in [0.1, 0.15) is 6.04 Å². The second-order valence-corrected chi connectivity index (χ2v) is 14.6. The highest BCUT2D eigenvalue weighted by Crippen LogP contribution is 2.32. The topological polar surface area (TPSA) is 107 Å². The number of aromatic nitrogens is 1. The summed E-state index contributed by atoms with van der Waals surface area (Å²) in [6.45, 7) is 15.1. The molecule has 2 amide bonds. The Morgan fingerprint density at radius 3 is 2.51 bits per heavy atom. The fourth-order valence-corrected chi connectivity index (χ4v) is 7.00. The Morgan fingerprint density at radius 2 is 1.80 bits per heavy atom. The van der Waals surface area contributed by atoms with E-state index in [-0.39, 0.29) is 29.6 Å². The van der Waals surface area contributed by atoms with Gasteiger partial charge in [0.25, 0.3) is 0 Å². The number of piperazine rings is 1. The molecule has 3 N–H and O–H groups in total. The minimum Gasteiger partial charge on any atom is -0.390 e. The number of benzene rings is 2. The van der Waals surface area contributed by atoms with Crippen LogP contribution in [-0.4, -0.2) is 87.8 Å². The number of amides is 2. The molecule has 2 aliphatic rings. The minimum atomic E-state index is -0.684. The number of fused-ring (bicyclic) bond motifs is 1. The van der Waals surface area contributed by atoms with Crippen molar-refractivity contribution in [3.8, 4) is 0 Å². The van der Waals surface area contributed by atoms with Crippen molar-refractivity contribution in [2.75, 3.05) is 26.2 Å². The van der Waals surface area contributed by atoms with Crippen LogP contribution in [-0.2, 0) is 33.7 Å². The lowest BCUT2D eigenvalue weighted by Crippen LogP contribution is -2.62. The molecule has 9 heteroatoms. The molecular formula is C40H53N5O4. The van der Waals surface area contributed by atoms with Gasteiger partial charge in [-0.25, -0.2) is 0 Å². The maximum absolute atomic E-state index is 14.2. The van der Waals surface area contributed by atoms with E-state index in [0.717, 1.165) is 28.8 Å². The van der Waals surface area contributed by atoms with Crippen LogP contribution in [0.1, 0.15) is 62.4 Å². The number of nitrogens with one attached hydrogen (secondary N) is 2. The molecule has 0 spiro atoms. The van der Waals surface area contributed by atoms with Gasteiger partial charge in [-0.1, -0.05) is 66.7 Å². The van der Waals surface area contributed by atoms with Crippen molar-refractivity contribution in [1.29, 1.82) is 0 Å². The standard InChI is InChI=1S/C40H53N5O4/c1-6-28(2)49-33(26-45-20-19-44(25-30-15-12-18-41-24-30)27-35(45)39(48)43-40(3,4)5)22-32(21-29-13-8-7-9-14-29)38(47)42-37-34-17-11-10-16-31(34)23-36(37)46/h6-18,24,28,32-33,35-37,46H,1,19-23,25-27H2,2-5H3,(H,42,47)(H,43,48)/t28?,32-,33+,35+,36-,37+/m1/s1. The highest BCUT2D eigenvalue weighted by atomic mass is 16.5. The Morgan fingerprint density at radius 1 is 1.06 bits per heavy atom. The van der Waals surface area contributed by atoms with Gasteiger partial charge >= 0.3 is 0 Å². The van der Waals surface area contributed by atoms with E-state index in [4.69, 9.17) is 4.74 Å². The molecule has 1 saturated heterocycles. The molecule has 9 nitrogen and oxygen atoms in total. The molecular weight excluding hydrogens is 614 g/mol. The van der Waals surface area contributed by atoms with Gasteiger partial charge in [0.15, 0.2) is 0 Å². The zero-order chi connectivity index (χ0) is 35.0. The van der Waals surface area contributed by atoms with Crippen LogP contribution in [0.4, 0.5) is 0 Å². The lowest BCUT2D eigenvalue weighted by molar-refractivity contribution is -0.133. The van der Waals surface area contributed by atoms with E-state index in [1.807, 2.05) is 94.6 Å². The Balaban J connectivity index is 1.37. The first-order valence-corrected chi connectivity index (χ1v) is 17.5. The van der Waals surface area contributed by atoms with Gasteiger partial charge in [-0.2, -0.15) is 0 Å². The Hall–Kier alpha value is -3.89. The highest BCUT2D eigenvalue weighted by Gasteiger charge is 2.38. The van der Waals surface area contributed by atoms with Crippen molar-refractivity contribution in [1.82, 2.24) is 25.4 Å². The molecule has 0 radical (unpaired) electrons. The third kappa shape index (κ3) is 10.3. The number of rotatable bonds is 14. The summed E-state index contributed by atoms with van der Waals surface area (Å²) in [7, 11) is 0. The van der Waals surface area contributed by atoms with Crippen molar-refractivity contribution in [3.63, 3.8) is 0 Å². The lowest BCUT2D eigenvalue weighted by atomic mass is 9.91. The molecule has 1 unspecified atom stereocenters. The van der Waals surface area contributed by atoms with Crippen molar-refractivity contribution in [2.24, 2.45) is 5.92 Å². The molecule has 6 atom stereocenters. The predicted molar refractivity (Wildman–Crippen MR) is 193 cm³/mol. The number of carbonyl (C=O) groups is 2. The average Bonchev–Trinajstić information content (AvgIpc) is 3.39. The second kappa shape index (κ2) is 16.7. The number of carbonyl (C=O) groups excluding carboxylic acids is 2. The molecule has 1 aliphatic carbocycles. The summed E-state index contributed by atoms with van der Waals surface area (Å²) in [5, 5.41) is 17.4. The van der Waals surface area contributed by atoms with Crippen molar-refractivity contribution < 1.29 is 19.4 Å². The van der Waals surface area contributed by atoms with Crippen molar-refractivity contribution in [2.45, 2.75) is 89.4 Å². The van der Waals surface area contributed by atoms with E-state index >= 15 is 0 Å². The summed E-state index contributed by atoms with van der Waals surface area (Å²) in [4.78, 5) is 36.8. The van der Waals surface area contributed by atoms with E-state index in [0.29, 0.717) is 45.4 Å². The molecule has 262 valence electrons. The molecule has 0 saturated carbocycles. The molecule has 3 aromatic rings. The SMILES string of the molecule is C=CC(C)O[C@@H](C[C@@H](Cc1ccccc1)C(=O)N[C@H]1c2ccccc2C[C@H]1O)CN1CCN(Cc2cccnc2)C[C@H]1C(=O)NC(C)(C)C. The van der Waals surface area contributed by atoms with E-state index < -0.39 is 24.1 Å². The Kier molecular flexibility index (Phi) is 12.4.